The summed E-state index contributed by atoms with van der Waals surface area (Å²) in [4.78, 5) is 46.9. The lowest BCUT2D eigenvalue weighted by Gasteiger charge is -2.41. The Balaban J connectivity index is 1.42. The van der Waals surface area contributed by atoms with Crippen molar-refractivity contribution in [2.75, 3.05) is 13.2 Å². The van der Waals surface area contributed by atoms with E-state index in [1.165, 1.54) is 70.6 Å². The number of unbranched alkanes of at least 4 members (excludes halogenated alkanes) is 15. The Morgan fingerprint density at radius 2 is 1.25 bits per heavy atom. The van der Waals surface area contributed by atoms with Crippen molar-refractivity contribution in [2.24, 2.45) is 11.8 Å². The molecule has 0 aromatic carbocycles. The van der Waals surface area contributed by atoms with Crippen molar-refractivity contribution < 1.29 is 78.0 Å². The molecule has 64 heavy (non-hydrogen) atoms. The third-order valence-corrected chi connectivity index (χ3v) is 13.3. The Bertz CT molecular complexity index is 1410. The van der Waals surface area contributed by atoms with Gasteiger partial charge in [-0.05, 0) is 38.5 Å². The number of phosphoric acid groups is 1. The van der Waals surface area contributed by atoms with Gasteiger partial charge in [-0.3, -0.25) is 18.6 Å². The smallest absolute Gasteiger partial charge is 0.462 e. The molecular formula is C47H81O16P. The highest BCUT2D eigenvalue weighted by Crippen LogP contribution is 2.47. The first-order valence-electron chi connectivity index (χ1n) is 24.2. The standard InChI is InChI=1S/C47H81O16P/c1-3-5-7-8-9-10-11-12-13-14-15-16-17-18-23-27-40(49)58-32-35(33-59-64(56,57)63-47-45(54)43(52)42(51)44(53)46(47)55)60-41(50)28-24-20-19-22-26-36-37(39-31-38(36)61-62-39)30-29-34(48)25-21-6-4-2/h6,19,21-22,29-30,34-39,42-48,51-55H,3-5,7-18,20,23-28,31-33H2,1-2H3,(H,56,57)/b21-6-,22-19-,30-29+. The molecule has 0 spiro atoms. The van der Waals surface area contributed by atoms with Crippen LogP contribution in [0.25, 0.3) is 0 Å². The maximum Gasteiger partial charge on any atom is 0.472 e. The van der Waals surface area contributed by atoms with Crippen molar-refractivity contribution in [1.82, 2.24) is 0 Å². The van der Waals surface area contributed by atoms with Gasteiger partial charge < -0.3 is 45.0 Å². The van der Waals surface area contributed by atoms with E-state index < -0.39 is 81.8 Å². The van der Waals surface area contributed by atoms with Crippen molar-refractivity contribution in [3.8, 4) is 0 Å². The average molecular weight is 933 g/mol. The minimum atomic E-state index is -5.17. The molecule has 0 aromatic heterocycles. The summed E-state index contributed by atoms with van der Waals surface area (Å²) >= 11 is 0. The quantitative estimate of drug-likeness (QED) is 0.0114. The third kappa shape index (κ3) is 21.3. The number of hydrogen-bond acceptors (Lipinski definition) is 15. The maximum atomic E-state index is 12.9. The van der Waals surface area contributed by atoms with Crippen LogP contribution >= 0.6 is 7.82 Å². The van der Waals surface area contributed by atoms with E-state index in [9.17, 15) is 49.7 Å². The van der Waals surface area contributed by atoms with Crippen molar-refractivity contribution in [3.05, 3.63) is 36.5 Å². The van der Waals surface area contributed by atoms with E-state index >= 15 is 0 Å². The SMILES string of the molecule is CC/C=C\CC(O)/C=C/C1C2CC(OO2)C1C/C=C\CCCC(=O)OC(COC(=O)CCCCCCCCCCCCCCCCC)COP(=O)(O)OC1C(O)C(O)C(O)C(O)C1O. The number of rotatable bonds is 35. The minimum absolute atomic E-state index is 0.0272. The van der Waals surface area contributed by atoms with Crippen LogP contribution in [0.15, 0.2) is 36.5 Å². The molecule has 0 aromatic rings. The average Bonchev–Trinajstić information content (AvgIpc) is 3.89. The molecule has 0 amide bonds. The van der Waals surface area contributed by atoms with Gasteiger partial charge in [-0.2, -0.15) is 0 Å². The zero-order valence-corrected chi connectivity index (χ0v) is 39.2. The molecule has 370 valence electrons. The second-order valence-electron chi connectivity index (χ2n) is 17.7. The second kappa shape index (κ2) is 31.8. The van der Waals surface area contributed by atoms with Crippen molar-refractivity contribution >= 4 is 19.8 Å². The van der Waals surface area contributed by atoms with Gasteiger partial charge in [0.05, 0.1) is 18.8 Å². The first-order valence-corrected chi connectivity index (χ1v) is 25.7. The Morgan fingerprint density at radius 1 is 0.688 bits per heavy atom. The summed E-state index contributed by atoms with van der Waals surface area (Å²) in [6.07, 6.45) is 19.5. The Morgan fingerprint density at radius 3 is 1.86 bits per heavy atom. The van der Waals surface area contributed by atoms with Gasteiger partial charge >= 0.3 is 19.8 Å². The van der Waals surface area contributed by atoms with Crippen LogP contribution in [0.5, 0.6) is 0 Å². The number of aliphatic hydroxyl groups is 6. The zero-order valence-electron chi connectivity index (χ0n) is 38.3. The fraction of sp³-hybridized carbons (Fsp3) is 0.830. The highest BCUT2D eigenvalue weighted by atomic mass is 31.2. The molecule has 16 nitrogen and oxygen atoms in total. The minimum Gasteiger partial charge on any atom is -0.462 e. The second-order valence-corrected chi connectivity index (χ2v) is 19.1. The lowest BCUT2D eigenvalue weighted by atomic mass is 9.85. The first kappa shape index (κ1) is 56.3. The van der Waals surface area contributed by atoms with Gasteiger partial charge in [-0.25, -0.2) is 14.3 Å². The molecule has 1 heterocycles. The number of esters is 2. The molecule has 3 rings (SSSR count). The molecule has 7 N–H and O–H groups in total. The summed E-state index contributed by atoms with van der Waals surface area (Å²) in [5.74, 6) is -0.937. The van der Waals surface area contributed by atoms with Gasteiger partial charge in [0.1, 0.15) is 49.3 Å². The van der Waals surface area contributed by atoms with Gasteiger partial charge in [-0.1, -0.05) is 140 Å². The normalized spacial score (nSPS) is 28.9. The molecule has 2 saturated carbocycles. The van der Waals surface area contributed by atoms with E-state index in [0.29, 0.717) is 25.7 Å². The number of fused-ring (bicyclic) bond motifs is 2. The Kier molecular flexibility index (Phi) is 28.0. The maximum absolute atomic E-state index is 12.9. The molecule has 17 heteroatoms. The molecule has 1 saturated heterocycles. The third-order valence-electron chi connectivity index (χ3n) is 12.3. The van der Waals surface area contributed by atoms with E-state index in [-0.39, 0.29) is 36.9 Å². The largest absolute Gasteiger partial charge is 0.472 e. The van der Waals surface area contributed by atoms with E-state index in [1.54, 1.807) is 0 Å². The Labute approximate surface area is 380 Å². The van der Waals surface area contributed by atoms with Gasteiger partial charge in [0, 0.05) is 31.1 Å². The first-order chi connectivity index (χ1) is 30.8. The molecule has 11 atom stereocenters. The molecule has 3 fully saturated rings. The predicted molar refractivity (Wildman–Crippen MR) is 239 cm³/mol. The van der Waals surface area contributed by atoms with Crippen LogP contribution in [0, 0.1) is 11.8 Å². The van der Waals surface area contributed by atoms with Crippen molar-refractivity contribution in [3.63, 3.8) is 0 Å². The fourth-order valence-corrected chi connectivity index (χ4v) is 9.40. The molecule has 2 bridgehead atoms. The number of phosphoric ester groups is 1. The number of ether oxygens (including phenoxy) is 2. The monoisotopic (exact) mass is 933 g/mol. The number of hydrogen-bond donors (Lipinski definition) is 7. The molecule has 1 aliphatic heterocycles. The Hall–Kier alpha value is -2.05. The summed E-state index contributed by atoms with van der Waals surface area (Å²) in [6, 6.07) is 0. The lowest BCUT2D eigenvalue weighted by Crippen LogP contribution is -2.64. The van der Waals surface area contributed by atoms with E-state index in [1.807, 2.05) is 43.4 Å². The topological polar surface area (TPSA) is 248 Å². The summed E-state index contributed by atoms with van der Waals surface area (Å²) in [6.45, 7) is 3.01. The highest BCUT2D eigenvalue weighted by molar-refractivity contribution is 7.47. The van der Waals surface area contributed by atoms with Gasteiger partial charge in [-0.15, -0.1) is 0 Å². The zero-order chi connectivity index (χ0) is 46.7. The van der Waals surface area contributed by atoms with Crippen LogP contribution in [0.2, 0.25) is 0 Å². The lowest BCUT2D eigenvalue weighted by molar-refractivity contribution is -0.336. The van der Waals surface area contributed by atoms with Crippen LogP contribution in [0.1, 0.15) is 162 Å². The van der Waals surface area contributed by atoms with E-state index in [4.69, 9.17) is 28.3 Å². The fourth-order valence-electron chi connectivity index (χ4n) is 8.43. The van der Waals surface area contributed by atoms with Crippen LogP contribution in [-0.4, -0.2) is 122 Å². The molecule has 0 radical (unpaired) electrons. The van der Waals surface area contributed by atoms with Gasteiger partial charge in [0.15, 0.2) is 6.10 Å². The number of allylic oxidation sites excluding steroid dienone is 3. The van der Waals surface area contributed by atoms with Crippen LogP contribution in [0.4, 0.5) is 0 Å². The van der Waals surface area contributed by atoms with Crippen molar-refractivity contribution in [1.29, 1.82) is 0 Å². The highest BCUT2D eigenvalue weighted by Gasteiger charge is 2.52. The molecular weight excluding hydrogens is 851 g/mol. The molecule has 2 aliphatic carbocycles. The summed E-state index contributed by atoms with van der Waals surface area (Å²) < 4.78 is 33.6. The molecule has 3 aliphatic rings. The predicted octanol–water partition coefficient (Wildman–Crippen LogP) is 6.75. The number of carbonyl (C=O) groups is 2. The molecule has 11 unspecified atom stereocenters. The van der Waals surface area contributed by atoms with Crippen molar-refractivity contribution in [2.45, 2.75) is 223 Å². The van der Waals surface area contributed by atoms with Gasteiger partial charge in [0.25, 0.3) is 0 Å². The van der Waals surface area contributed by atoms with Crippen LogP contribution < -0.4 is 0 Å². The van der Waals surface area contributed by atoms with Crippen LogP contribution in [-0.2, 0) is 42.5 Å². The van der Waals surface area contributed by atoms with Crippen LogP contribution in [0.3, 0.4) is 0 Å². The summed E-state index contributed by atoms with van der Waals surface area (Å²) in [5, 5.41) is 60.6. The van der Waals surface area contributed by atoms with Gasteiger partial charge in [0.2, 0.25) is 0 Å². The van der Waals surface area contributed by atoms with E-state index in [0.717, 1.165) is 38.5 Å². The summed E-state index contributed by atoms with van der Waals surface area (Å²) in [5.41, 5.74) is 0. The number of aliphatic hydroxyl groups excluding tert-OH is 6. The summed E-state index contributed by atoms with van der Waals surface area (Å²) in [7, 11) is -5.17. The number of carbonyl (C=O) groups excluding carboxylic acids is 2. The van der Waals surface area contributed by atoms with E-state index in [2.05, 4.69) is 6.92 Å².